The van der Waals surface area contributed by atoms with Gasteiger partial charge in [0, 0.05) is 44.8 Å². The number of rotatable bonds is 0. The van der Waals surface area contributed by atoms with Crippen molar-refractivity contribution in [3.63, 3.8) is 0 Å². The zero-order valence-corrected chi connectivity index (χ0v) is 19.9. The number of nitrogens with one attached hydrogen (secondary N) is 3. The fourth-order valence-electron chi connectivity index (χ4n) is 3.21. The van der Waals surface area contributed by atoms with Crippen molar-refractivity contribution >= 4 is 27.8 Å². The molecule has 2 aliphatic heterocycles. The van der Waals surface area contributed by atoms with Crippen LogP contribution in [0.5, 0.6) is 0 Å². The first-order valence-electron chi connectivity index (χ1n) is 10.5. The number of hydrogen-bond acceptors (Lipinski definition) is 6. The molecule has 194 valence electrons. The molecule has 0 aliphatic carbocycles. The zero-order valence-electron chi connectivity index (χ0n) is 19.1. The van der Waals surface area contributed by atoms with Crippen LogP contribution in [-0.2, 0) is 19.6 Å². The second-order valence-corrected chi connectivity index (χ2v) is 10.3. The summed E-state index contributed by atoms with van der Waals surface area (Å²) < 4.78 is 58.5. The molecule has 14 heteroatoms. The normalized spacial score (nSPS) is 23.6. The number of carbonyl (C=O) groups is 3. The van der Waals surface area contributed by atoms with Crippen molar-refractivity contribution in [3.8, 4) is 0 Å². The van der Waals surface area contributed by atoms with Crippen molar-refractivity contribution in [1.82, 2.24) is 20.3 Å². The first kappa shape index (κ1) is 28.3. The number of carboxylic acid groups (broad SMARTS) is 1. The highest BCUT2D eigenvalue weighted by Crippen LogP contribution is 2.28. The summed E-state index contributed by atoms with van der Waals surface area (Å²) in [5, 5.41) is 16.0. The summed E-state index contributed by atoms with van der Waals surface area (Å²) in [6, 6.07) is 5.72. The maximum Gasteiger partial charge on any atom is 0.490 e. The molecule has 1 atom stereocenters. The van der Waals surface area contributed by atoms with Gasteiger partial charge < -0.3 is 21.1 Å². The summed E-state index contributed by atoms with van der Waals surface area (Å²) in [7, 11) is -2.23. The van der Waals surface area contributed by atoms with Crippen LogP contribution in [0.15, 0.2) is 41.3 Å². The molecule has 2 aliphatic rings. The minimum Gasteiger partial charge on any atom is -0.475 e. The number of carbonyl (C=O) groups excluding carboxylic acids is 2. The third-order valence-corrected chi connectivity index (χ3v) is 7.26. The summed E-state index contributed by atoms with van der Waals surface area (Å²) in [5.74, 6) is -3.20. The van der Waals surface area contributed by atoms with E-state index >= 15 is 0 Å². The molecule has 2 amide bonds. The van der Waals surface area contributed by atoms with Crippen molar-refractivity contribution in [3.05, 3.63) is 42.0 Å². The molecule has 1 aromatic rings. The molecule has 0 aromatic heterocycles. The first-order valence-corrected chi connectivity index (χ1v) is 11.9. The number of alkyl halides is 3. The van der Waals surface area contributed by atoms with E-state index in [-0.39, 0.29) is 41.4 Å². The number of benzene rings is 1. The Morgan fingerprint density at radius 2 is 1.83 bits per heavy atom. The van der Waals surface area contributed by atoms with Crippen LogP contribution in [0.3, 0.4) is 0 Å². The number of nitrogens with zero attached hydrogens (tertiary/aromatic N) is 1. The Labute approximate surface area is 200 Å². The van der Waals surface area contributed by atoms with Crippen molar-refractivity contribution in [2.75, 3.05) is 33.2 Å². The molecule has 4 N–H and O–H groups in total. The van der Waals surface area contributed by atoms with Gasteiger partial charge >= 0.3 is 12.1 Å². The fraction of sp³-hybridized carbons (Fsp3) is 0.476. The lowest BCUT2D eigenvalue weighted by Gasteiger charge is -2.41. The molecular formula is C21H27F3N4O6S. The van der Waals surface area contributed by atoms with Gasteiger partial charge in [-0.2, -0.15) is 17.5 Å². The Kier molecular flexibility index (Phi) is 9.03. The van der Waals surface area contributed by atoms with Crippen LogP contribution >= 0.6 is 0 Å². The lowest BCUT2D eigenvalue weighted by Crippen LogP contribution is -2.62. The first-order chi connectivity index (χ1) is 16.2. The van der Waals surface area contributed by atoms with Gasteiger partial charge in [-0.05, 0) is 31.5 Å². The Bertz CT molecular complexity index is 1090. The molecule has 2 bridgehead atoms. The molecule has 1 aromatic carbocycles. The van der Waals surface area contributed by atoms with Gasteiger partial charge in [0.2, 0.25) is 15.9 Å². The van der Waals surface area contributed by atoms with E-state index in [0.29, 0.717) is 19.5 Å². The standard InChI is InChI=1S/C19H26N4O4S.C2HF3O2/c1-14-11-21-17(24)15-6-5-7-16(10-15)28(26,27)23(2)9-4-3-8-19(12-20-13-19)18(25)22-14;3-2(4,5)1(6)7/h3-7,10,14,20H,8-9,11-13H2,1-2H3,(H,21,24)(H,22,25);(H,6,7)/b4-3-;/t14-;/m1./s1. The largest absolute Gasteiger partial charge is 0.490 e. The molecule has 3 rings (SSSR count). The van der Waals surface area contributed by atoms with Gasteiger partial charge in [0.05, 0.1) is 10.3 Å². The smallest absolute Gasteiger partial charge is 0.475 e. The molecule has 2 heterocycles. The number of allylic oxidation sites excluding steroid dienone is 1. The number of amides is 2. The Balaban J connectivity index is 0.000000540. The van der Waals surface area contributed by atoms with Crippen LogP contribution in [0, 0.1) is 5.41 Å². The van der Waals surface area contributed by atoms with Crippen molar-refractivity contribution in [2.24, 2.45) is 5.41 Å². The van der Waals surface area contributed by atoms with Gasteiger partial charge in [0.15, 0.2) is 0 Å². The molecule has 1 fully saturated rings. The third-order valence-electron chi connectivity index (χ3n) is 5.44. The lowest BCUT2D eigenvalue weighted by molar-refractivity contribution is -0.192. The number of sulfonamides is 1. The highest BCUT2D eigenvalue weighted by Gasteiger charge is 2.43. The predicted octanol–water partition coefficient (Wildman–Crippen LogP) is 0.724. The summed E-state index contributed by atoms with van der Waals surface area (Å²) in [6.07, 6.45) is -0.938. The minimum atomic E-state index is -5.08. The molecule has 0 unspecified atom stereocenters. The van der Waals surface area contributed by atoms with Crippen LogP contribution in [0.2, 0.25) is 0 Å². The quantitative estimate of drug-likeness (QED) is 0.369. The van der Waals surface area contributed by atoms with E-state index in [1.54, 1.807) is 18.2 Å². The average molecular weight is 521 g/mol. The van der Waals surface area contributed by atoms with Crippen molar-refractivity contribution in [2.45, 2.75) is 30.5 Å². The molecule has 0 saturated carbocycles. The van der Waals surface area contributed by atoms with Crippen LogP contribution in [0.4, 0.5) is 13.2 Å². The van der Waals surface area contributed by atoms with Gasteiger partial charge in [-0.15, -0.1) is 0 Å². The third kappa shape index (κ3) is 7.26. The van der Waals surface area contributed by atoms with E-state index in [9.17, 15) is 31.2 Å². The van der Waals surface area contributed by atoms with Gasteiger partial charge in [-0.25, -0.2) is 13.2 Å². The summed E-state index contributed by atoms with van der Waals surface area (Å²) >= 11 is 0. The van der Waals surface area contributed by atoms with Crippen LogP contribution in [0.1, 0.15) is 23.7 Å². The minimum absolute atomic E-state index is 0.0623. The summed E-state index contributed by atoms with van der Waals surface area (Å²) in [5.41, 5.74) is -0.275. The second-order valence-electron chi connectivity index (χ2n) is 8.26. The van der Waals surface area contributed by atoms with Crippen LogP contribution in [-0.4, -0.2) is 81.1 Å². The molecule has 10 nitrogen and oxygen atoms in total. The monoisotopic (exact) mass is 520 g/mol. The van der Waals surface area contributed by atoms with E-state index in [4.69, 9.17) is 9.90 Å². The molecule has 0 radical (unpaired) electrons. The second kappa shape index (κ2) is 11.2. The topological polar surface area (TPSA) is 145 Å². The average Bonchev–Trinajstić information content (AvgIpc) is 2.75. The van der Waals surface area contributed by atoms with Crippen LogP contribution in [0.25, 0.3) is 0 Å². The number of halogens is 3. The van der Waals surface area contributed by atoms with Gasteiger partial charge in [-0.3, -0.25) is 9.59 Å². The number of likely N-dealkylation sites (N-methyl/N-ethyl adjacent to an activating group) is 1. The summed E-state index contributed by atoms with van der Waals surface area (Å²) in [6.45, 7) is 3.40. The number of fused-ring (bicyclic) bond motifs is 2. The zero-order chi connectivity index (χ0) is 26.4. The Hall–Kier alpha value is -2.97. The van der Waals surface area contributed by atoms with E-state index in [0.717, 1.165) is 0 Å². The Morgan fingerprint density at radius 1 is 1.20 bits per heavy atom. The highest BCUT2D eigenvalue weighted by atomic mass is 32.2. The number of hydrogen-bond donors (Lipinski definition) is 4. The maximum atomic E-state index is 12.8. The van der Waals surface area contributed by atoms with Crippen LogP contribution < -0.4 is 16.0 Å². The fourth-order valence-corrected chi connectivity index (χ4v) is 4.38. The lowest BCUT2D eigenvalue weighted by atomic mass is 9.77. The van der Waals surface area contributed by atoms with E-state index in [2.05, 4.69) is 16.0 Å². The molecule has 35 heavy (non-hydrogen) atoms. The molecule has 1 spiro atoms. The molecular weight excluding hydrogens is 493 g/mol. The number of carboxylic acids is 1. The van der Waals surface area contributed by atoms with Crippen molar-refractivity contribution < 1.29 is 41.1 Å². The SMILES string of the molecule is C[C@@H]1CNC(=O)c2cccc(c2)S(=O)(=O)N(C)C/C=C\CC2(CNC2)C(=O)N1.O=C(O)C(F)(F)F. The Morgan fingerprint density at radius 3 is 2.37 bits per heavy atom. The maximum absolute atomic E-state index is 12.8. The predicted molar refractivity (Wildman–Crippen MR) is 119 cm³/mol. The number of aliphatic carboxylic acids is 1. The van der Waals surface area contributed by atoms with E-state index < -0.39 is 27.6 Å². The molecule has 1 saturated heterocycles. The highest BCUT2D eigenvalue weighted by molar-refractivity contribution is 7.89. The van der Waals surface area contributed by atoms with Crippen molar-refractivity contribution in [1.29, 1.82) is 0 Å². The van der Waals surface area contributed by atoms with E-state index in [1.165, 1.54) is 23.5 Å². The van der Waals surface area contributed by atoms with Gasteiger partial charge in [0.25, 0.3) is 5.91 Å². The summed E-state index contributed by atoms with van der Waals surface area (Å²) in [4.78, 5) is 34.1. The van der Waals surface area contributed by atoms with Gasteiger partial charge in [-0.1, -0.05) is 18.2 Å². The van der Waals surface area contributed by atoms with Gasteiger partial charge in [0.1, 0.15) is 0 Å². The van der Waals surface area contributed by atoms with E-state index in [1.807, 2.05) is 13.0 Å².